The van der Waals surface area contributed by atoms with Crippen LogP contribution in [-0.2, 0) is 6.54 Å². The quantitative estimate of drug-likeness (QED) is 0.820. The lowest BCUT2D eigenvalue weighted by Gasteiger charge is -2.11. The Hall–Kier alpha value is -1.06. The van der Waals surface area contributed by atoms with Crippen LogP contribution in [0.1, 0.15) is 11.1 Å². The molecular weight excluding hydrogens is 317 g/mol. The van der Waals surface area contributed by atoms with Gasteiger partial charge in [0.2, 0.25) is 0 Å². The zero-order valence-corrected chi connectivity index (χ0v) is 12.1. The van der Waals surface area contributed by atoms with Gasteiger partial charge in [-0.25, -0.2) is 4.39 Å². The van der Waals surface area contributed by atoms with Gasteiger partial charge in [-0.15, -0.1) is 0 Å². The first-order valence-electron chi connectivity index (χ1n) is 5.50. The molecule has 0 unspecified atom stereocenters. The van der Waals surface area contributed by atoms with Crippen LogP contribution in [-0.4, -0.2) is 0 Å². The maximum atomic E-state index is 12.9. The van der Waals surface area contributed by atoms with E-state index in [0.29, 0.717) is 11.0 Å². The summed E-state index contributed by atoms with van der Waals surface area (Å²) in [5, 5.41) is 4.00. The second-order valence-corrected chi connectivity index (χ2v) is 5.34. The lowest BCUT2D eigenvalue weighted by Crippen LogP contribution is -2.02. The fourth-order valence-electron chi connectivity index (χ4n) is 1.68. The number of halogens is 3. The maximum absolute atomic E-state index is 12.9. The van der Waals surface area contributed by atoms with Crippen molar-refractivity contribution in [3.8, 4) is 0 Å². The maximum Gasteiger partial charge on any atom is 0.124 e. The first-order valence-corrected chi connectivity index (χ1v) is 6.67. The van der Waals surface area contributed by atoms with Gasteiger partial charge in [0.05, 0.1) is 0 Å². The van der Waals surface area contributed by atoms with Gasteiger partial charge in [0.25, 0.3) is 0 Å². The van der Waals surface area contributed by atoms with Crippen molar-refractivity contribution in [2.45, 2.75) is 13.5 Å². The molecule has 2 aromatic carbocycles. The van der Waals surface area contributed by atoms with E-state index in [-0.39, 0.29) is 5.82 Å². The number of anilines is 1. The molecule has 0 atom stereocenters. The third-order valence-corrected chi connectivity index (χ3v) is 3.60. The van der Waals surface area contributed by atoms with E-state index in [1.54, 1.807) is 6.07 Å². The van der Waals surface area contributed by atoms with E-state index in [1.165, 1.54) is 12.1 Å². The molecule has 0 spiro atoms. The van der Waals surface area contributed by atoms with E-state index >= 15 is 0 Å². The van der Waals surface area contributed by atoms with Gasteiger partial charge >= 0.3 is 0 Å². The van der Waals surface area contributed by atoms with Crippen LogP contribution in [0.3, 0.4) is 0 Å². The smallest absolute Gasteiger partial charge is 0.124 e. The molecule has 0 aliphatic rings. The SMILES string of the molecule is Cc1cc(Cl)ccc1CNc1ccc(F)cc1Br. The van der Waals surface area contributed by atoms with Crippen LogP contribution in [0.2, 0.25) is 5.02 Å². The summed E-state index contributed by atoms with van der Waals surface area (Å²) in [6, 6.07) is 10.4. The van der Waals surface area contributed by atoms with E-state index in [9.17, 15) is 4.39 Å². The highest BCUT2D eigenvalue weighted by Gasteiger charge is 2.03. The Bertz CT molecular complexity index is 520. The normalized spacial score (nSPS) is 10.4. The minimum absolute atomic E-state index is 0.255. The number of benzene rings is 2. The second-order valence-electron chi connectivity index (χ2n) is 4.05. The van der Waals surface area contributed by atoms with Crippen LogP contribution in [0.4, 0.5) is 10.1 Å². The molecule has 0 amide bonds. The van der Waals surface area contributed by atoms with Crippen molar-refractivity contribution in [3.63, 3.8) is 0 Å². The second kappa shape index (κ2) is 5.72. The molecule has 0 saturated heterocycles. The number of rotatable bonds is 3. The first kappa shape index (κ1) is 13.4. The fourth-order valence-corrected chi connectivity index (χ4v) is 2.40. The molecule has 18 heavy (non-hydrogen) atoms. The molecule has 0 aliphatic heterocycles. The van der Waals surface area contributed by atoms with Crippen molar-refractivity contribution in [1.29, 1.82) is 0 Å². The van der Waals surface area contributed by atoms with Crippen LogP contribution in [0.15, 0.2) is 40.9 Å². The molecule has 0 saturated carbocycles. The topological polar surface area (TPSA) is 12.0 Å². The van der Waals surface area contributed by atoms with Gasteiger partial charge in [-0.3, -0.25) is 0 Å². The summed E-state index contributed by atoms with van der Waals surface area (Å²) >= 11 is 9.23. The summed E-state index contributed by atoms with van der Waals surface area (Å²) in [6.07, 6.45) is 0. The van der Waals surface area contributed by atoms with Crippen molar-refractivity contribution in [2.24, 2.45) is 0 Å². The summed E-state index contributed by atoms with van der Waals surface area (Å²) in [5.41, 5.74) is 3.16. The summed E-state index contributed by atoms with van der Waals surface area (Å²) in [4.78, 5) is 0. The van der Waals surface area contributed by atoms with E-state index in [1.807, 2.05) is 25.1 Å². The van der Waals surface area contributed by atoms with Crippen LogP contribution in [0.25, 0.3) is 0 Å². The largest absolute Gasteiger partial charge is 0.380 e. The molecule has 0 bridgehead atoms. The van der Waals surface area contributed by atoms with Gasteiger partial charge in [0.15, 0.2) is 0 Å². The molecule has 94 valence electrons. The molecule has 2 rings (SSSR count). The summed E-state index contributed by atoms with van der Waals surface area (Å²) < 4.78 is 13.7. The Morgan fingerprint density at radius 3 is 2.67 bits per heavy atom. The van der Waals surface area contributed by atoms with Crippen molar-refractivity contribution >= 4 is 33.2 Å². The first-order chi connectivity index (χ1) is 8.56. The highest BCUT2D eigenvalue weighted by atomic mass is 79.9. The third kappa shape index (κ3) is 3.24. The summed E-state index contributed by atoms with van der Waals surface area (Å²) in [6.45, 7) is 2.69. The molecular formula is C14H12BrClFN. The van der Waals surface area contributed by atoms with E-state index < -0.39 is 0 Å². The average Bonchev–Trinajstić information content (AvgIpc) is 2.30. The molecule has 1 N–H and O–H groups in total. The van der Waals surface area contributed by atoms with Crippen molar-refractivity contribution < 1.29 is 4.39 Å². The van der Waals surface area contributed by atoms with Gasteiger partial charge in [-0.05, 0) is 64.3 Å². The third-order valence-electron chi connectivity index (χ3n) is 2.71. The van der Waals surface area contributed by atoms with Gasteiger partial charge in [-0.1, -0.05) is 17.7 Å². The van der Waals surface area contributed by atoms with Gasteiger partial charge in [-0.2, -0.15) is 0 Å². The highest BCUT2D eigenvalue weighted by Crippen LogP contribution is 2.24. The fraction of sp³-hybridized carbons (Fsp3) is 0.143. The Balaban J connectivity index is 2.11. The van der Waals surface area contributed by atoms with E-state index in [0.717, 1.165) is 21.8 Å². The molecule has 1 nitrogen and oxygen atoms in total. The van der Waals surface area contributed by atoms with Crippen LogP contribution in [0.5, 0.6) is 0 Å². The summed E-state index contributed by atoms with van der Waals surface area (Å²) in [7, 11) is 0. The minimum atomic E-state index is -0.255. The number of hydrogen-bond donors (Lipinski definition) is 1. The predicted molar refractivity (Wildman–Crippen MR) is 77.6 cm³/mol. The Morgan fingerprint density at radius 2 is 2.00 bits per heavy atom. The van der Waals surface area contributed by atoms with Gasteiger partial charge in [0.1, 0.15) is 5.82 Å². The van der Waals surface area contributed by atoms with Gasteiger partial charge in [0, 0.05) is 21.7 Å². The molecule has 0 aliphatic carbocycles. The van der Waals surface area contributed by atoms with Crippen molar-refractivity contribution in [1.82, 2.24) is 0 Å². The number of hydrogen-bond acceptors (Lipinski definition) is 1. The van der Waals surface area contributed by atoms with Gasteiger partial charge < -0.3 is 5.32 Å². The average molecular weight is 329 g/mol. The van der Waals surface area contributed by atoms with Crippen LogP contribution < -0.4 is 5.32 Å². The molecule has 2 aromatic rings. The summed E-state index contributed by atoms with van der Waals surface area (Å²) in [5.74, 6) is -0.255. The zero-order valence-electron chi connectivity index (χ0n) is 9.81. The van der Waals surface area contributed by atoms with E-state index in [2.05, 4.69) is 21.2 Å². The lowest BCUT2D eigenvalue weighted by atomic mass is 10.1. The molecule has 0 fully saturated rings. The van der Waals surface area contributed by atoms with Crippen molar-refractivity contribution in [2.75, 3.05) is 5.32 Å². The molecule has 0 radical (unpaired) electrons. The van der Waals surface area contributed by atoms with Crippen LogP contribution >= 0.6 is 27.5 Å². The Kier molecular flexibility index (Phi) is 4.25. The number of nitrogens with one attached hydrogen (secondary N) is 1. The molecule has 0 heterocycles. The van der Waals surface area contributed by atoms with Crippen molar-refractivity contribution in [3.05, 3.63) is 62.8 Å². The zero-order chi connectivity index (χ0) is 13.1. The van der Waals surface area contributed by atoms with E-state index in [4.69, 9.17) is 11.6 Å². The monoisotopic (exact) mass is 327 g/mol. The van der Waals surface area contributed by atoms with Crippen LogP contribution in [0, 0.1) is 12.7 Å². The molecule has 4 heteroatoms. The Labute approximate surface area is 119 Å². The molecule has 0 aromatic heterocycles. The highest BCUT2D eigenvalue weighted by molar-refractivity contribution is 9.10. The predicted octanol–water partition coefficient (Wildman–Crippen LogP) is 5.16. The lowest BCUT2D eigenvalue weighted by molar-refractivity contribution is 0.627. The minimum Gasteiger partial charge on any atom is -0.380 e. The Morgan fingerprint density at radius 1 is 1.22 bits per heavy atom. The standard InChI is InChI=1S/C14H12BrClFN/c1-9-6-11(16)3-2-10(9)8-18-14-5-4-12(17)7-13(14)15/h2-7,18H,8H2,1H3. The number of aryl methyl sites for hydroxylation is 1.